The van der Waals surface area contributed by atoms with Crippen molar-refractivity contribution >= 4 is 0 Å². The molecule has 0 bridgehead atoms. The number of benzene rings is 1. The van der Waals surface area contributed by atoms with Gasteiger partial charge in [0.2, 0.25) is 0 Å². The van der Waals surface area contributed by atoms with Gasteiger partial charge in [0.25, 0.3) is 0 Å². The van der Waals surface area contributed by atoms with Crippen LogP contribution in [-0.4, -0.2) is 17.1 Å². The van der Waals surface area contributed by atoms with E-state index in [4.69, 9.17) is 9.72 Å². The Labute approximate surface area is 136 Å². The minimum atomic E-state index is 0.861. The highest BCUT2D eigenvalue weighted by Crippen LogP contribution is 2.33. The van der Waals surface area contributed by atoms with Gasteiger partial charge in [0.1, 0.15) is 5.75 Å². The van der Waals surface area contributed by atoms with Crippen molar-refractivity contribution in [1.82, 2.24) is 9.97 Å². The Morgan fingerprint density at radius 2 is 1.83 bits per heavy atom. The number of rotatable bonds is 3. The molecule has 0 saturated heterocycles. The lowest BCUT2D eigenvalue weighted by Gasteiger charge is -2.11. The van der Waals surface area contributed by atoms with Gasteiger partial charge in [0.15, 0.2) is 0 Å². The first-order valence-corrected chi connectivity index (χ1v) is 7.94. The lowest BCUT2D eigenvalue weighted by Crippen LogP contribution is -1.97. The van der Waals surface area contributed by atoms with Gasteiger partial charge in [-0.05, 0) is 72.9 Å². The average Bonchev–Trinajstić information content (AvgIpc) is 3.10. The molecule has 114 valence electrons. The summed E-state index contributed by atoms with van der Waals surface area (Å²) in [6, 6.07) is 16.3. The van der Waals surface area contributed by atoms with E-state index in [0.717, 1.165) is 41.2 Å². The Morgan fingerprint density at radius 3 is 2.57 bits per heavy atom. The summed E-state index contributed by atoms with van der Waals surface area (Å²) in [5, 5.41) is 0. The Hall–Kier alpha value is -2.68. The molecule has 1 aliphatic carbocycles. The van der Waals surface area contributed by atoms with Crippen molar-refractivity contribution in [3.05, 3.63) is 65.9 Å². The maximum atomic E-state index is 5.24. The van der Waals surface area contributed by atoms with E-state index in [2.05, 4.69) is 23.2 Å². The van der Waals surface area contributed by atoms with Crippen LogP contribution in [0.5, 0.6) is 5.75 Å². The fourth-order valence-corrected chi connectivity index (χ4v) is 3.21. The number of hydrogen-bond acceptors (Lipinski definition) is 3. The van der Waals surface area contributed by atoms with Crippen LogP contribution in [-0.2, 0) is 12.8 Å². The number of nitrogens with zero attached hydrogens (tertiary/aromatic N) is 2. The van der Waals surface area contributed by atoms with Crippen LogP contribution in [0.2, 0.25) is 0 Å². The molecule has 1 aromatic carbocycles. The minimum absolute atomic E-state index is 0.861. The molecule has 4 rings (SSSR count). The van der Waals surface area contributed by atoms with Gasteiger partial charge in [-0.3, -0.25) is 4.98 Å². The molecule has 0 aliphatic heterocycles. The van der Waals surface area contributed by atoms with Gasteiger partial charge in [0, 0.05) is 11.8 Å². The third kappa shape index (κ3) is 2.59. The van der Waals surface area contributed by atoms with Crippen molar-refractivity contribution in [3.8, 4) is 28.4 Å². The van der Waals surface area contributed by atoms with Crippen molar-refractivity contribution in [2.45, 2.75) is 19.3 Å². The number of aromatic nitrogens is 2. The van der Waals surface area contributed by atoms with E-state index >= 15 is 0 Å². The smallest absolute Gasteiger partial charge is 0.118 e. The fraction of sp³-hybridized carbons (Fsp3) is 0.200. The zero-order valence-electron chi connectivity index (χ0n) is 13.1. The molecular weight excluding hydrogens is 284 g/mol. The SMILES string of the molecule is COc1ccc(-c2cc3c(c(-c4ccccn4)n2)CCC3)cc1. The molecule has 0 fully saturated rings. The summed E-state index contributed by atoms with van der Waals surface area (Å²) in [5.74, 6) is 0.861. The standard InChI is InChI=1S/C20H18N2O/c1-23-16-10-8-14(9-11-16)19-13-15-5-4-6-17(15)20(22-19)18-7-2-3-12-21-18/h2-3,7-13H,4-6H2,1H3. The van der Waals surface area contributed by atoms with Gasteiger partial charge >= 0.3 is 0 Å². The molecule has 2 aromatic heterocycles. The van der Waals surface area contributed by atoms with E-state index in [1.165, 1.54) is 17.5 Å². The molecule has 0 atom stereocenters. The second-order valence-corrected chi connectivity index (χ2v) is 5.79. The second kappa shape index (κ2) is 5.84. The van der Waals surface area contributed by atoms with Gasteiger partial charge in [-0.25, -0.2) is 4.98 Å². The fourth-order valence-electron chi connectivity index (χ4n) is 3.21. The van der Waals surface area contributed by atoms with E-state index in [0.29, 0.717) is 0 Å². The molecule has 23 heavy (non-hydrogen) atoms. The highest BCUT2D eigenvalue weighted by Gasteiger charge is 2.19. The number of fused-ring (bicyclic) bond motifs is 1. The van der Waals surface area contributed by atoms with Gasteiger partial charge in [0.05, 0.1) is 24.2 Å². The molecule has 2 heterocycles. The predicted octanol–water partition coefficient (Wildman–Crippen LogP) is 4.31. The molecule has 0 saturated carbocycles. The van der Waals surface area contributed by atoms with Gasteiger partial charge in [-0.1, -0.05) is 6.07 Å². The third-order valence-electron chi connectivity index (χ3n) is 4.38. The van der Waals surface area contributed by atoms with Gasteiger partial charge in [-0.2, -0.15) is 0 Å². The first kappa shape index (κ1) is 13.9. The molecule has 1 aliphatic rings. The third-order valence-corrected chi connectivity index (χ3v) is 4.38. The molecular formula is C20H18N2O. The maximum absolute atomic E-state index is 5.24. The van der Waals surface area contributed by atoms with Crippen LogP contribution in [0, 0.1) is 0 Å². The summed E-state index contributed by atoms with van der Waals surface area (Å²) in [6.07, 6.45) is 5.25. The molecule has 0 amide bonds. The van der Waals surface area contributed by atoms with Crippen LogP contribution in [0.1, 0.15) is 17.5 Å². The second-order valence-electron chi connectivity index (χ2n) is 5.79. The van der Waals surface area contributed by atoms with Crippen molar-refractivity contribution in [3.63, 3.8) is 0 Å². The quantitative estimate of drug-likeness (QED) is 0.723. The number of aryl methyl sites for hydroxylation is 1. The van der Waals surface area contributed by atoms with E-state index in [-0.39, 0.29) is 0 Å². The van der Waals surface area contributed by atoms with Gasteiger partial charge in [-0.15, -0.1) is 0 Å². The molecule has 0 unspecified atom stereocenters. The van der Waals surface area contributed by atoms with E-state index in [9.17, 15) is 0 Å². The van der Waals surface area contributed by atoms with E-state index < -0.39 is 0 Å². The number of pyridine rings is 2. The Bertz CT molecular complexity index is 826. The Kier molecular flexibility index (Phi) is 3.54. The molecule has 0 radical (unpaired) electrons. The summed E-state index contributed by atoms with van der Waals surface area (Å²) in [5.41, 5.74) is 6.88. The highest BCUT2D eigenvalue weighted by atomic mass is 16.5. The van der Waals surface area contributed by atoms with Crippen molar-refractivity contribution < 1.29 is 4.74 Å². The van der Waals surface area contributed by atoms with Crippen molar-refractivity contribution in [2.24, 2.45) is 0 Å². The van der Waals surface area contributed by atoms with Crippen LogP contribution in [0.15, 0.2) is 54.7 Å². The summed E-state index contributed by atoms with van der Waals surface area (Å²) in [4.78, 5) is 9.44. The lowest BCUT2D eigenvalue weighted by atomic mass is 10.0. The number of methoxy groups -OCH3 is 1. The summed E-state index contributed by atoms with van der Waals surface area (Å²) in [7, 11) is 1.68. The van der Waals surface area contributed by atoms with Crippen LogP contribution < -0.4 is 4.74 Å². The van der Waals surface area contributed by atoms with Gasteiger partial charge < -0.3 is 4.74 Å². The predicted molar refractivity (Wildman–Crippen MR) is 91.5 cm³/mol. The zero-order chi connectivity index (χ0) is 15.6. The summed E-state index contributed by atoms with van der Waals surface area (Å²) < 4.78 is 5.24. The Morgan fingerprint density at radius 1 is 0.957 bits per heavy atom. The first-order valence-electron chi connectivity index (χ1n) is 7.94. The lowest BCUT2D eigenvalue weighted by molar-refractivity contribution is 0.415. The minimum Gasteiger partial charge on any atom is -0.497 e. The summed E-state index contributed by atoms with van der Waals surface area (Å²) >= 11 is 0. The first-order chi connectivity index (χ1) is 11.3. The van der Waals surface area contributed by atoms with Crippen LogP contribution in [0.4, 0.5) is 0 Å². The number of ether oxygens (including phenoxy) is 1. The monoisotopic (exact) mass is 302 g/mol. The molecule has 3 heteroatoms. The van der Waals surface area contributed by atoms with Crippen molar-refractivity contribution in [2.75, 3.05) is 7.11 Å². The normalized spacial score (nSPS) is 12.9. The average molecular weight is 302 g/mol. The molecule has 3 aromatic rings. The van der Waals surface area contributed by atoms with E-state index in [1.807, 2.05) is 36.5 Å². The summed E-state index contributed by atoms with van der Waals surface area (Å²) in [6.45, 7) is 0. The highest BCUT2D eigenvalue weighted by molar-refractivity contribution is 5.69. The van der Waals surface area contributed by atoms with Crippen molar-refractivity contribution in [1.29, 1.82) is 0 Å². The molecule has 0 spiro atoms. The largest absolute Gasteiger partial charge is 0.497 e. The molecule has 0 N–H and O–H groups in total. The zero-order valence-corrected chi connectivity index (χ0v) is 13.1. The molecule has 3 nitrogen and oxygen atoms in total. The topological polar surface area (TPSA) is 35.0 Å². The Balaban J connectivity index is 1.85. The van der Waals surface area contributed by atoms with E-state index in [1.54, 1.807) is 7.11 Å². The van der Waals surface area contributed by atoms with Crippen LogP contribution in [0.25, 0.3) is 22.6 Å². The van der Waals surface area contributed by atoms with Crippen LogP contribution >= 0.6 is 0 Å². The van der Waals surface area contributed by atoms with Crippen LogP contribution in [0.3, 0.4) is 0 Å². The number of hydrogen-bond donors (Lipinski definition) is 0. The maximum Gasteiger partial charge on any atom is 0.118 e.